The molecule has 0 aromatic carbocycles. The Kier molecular flexibility index (Phi) is 21.7. The van der Waals surface area contributed by atoms with Crippen molar-refractivity contribution in [1.29, 1.82) is 0 Å². The van der Waals surface area contributed by atoms with Crippen molar-refractivity contribution in [3.05, 3.63) is 12.2 Å². The van der Waals surface area contributed by atoms with Gasteiger partial charge in [-0.25, -0.2) is 4.79 Å². The molecule has 198 valence electrons. The van der Waals surface area contributed by atoms with Gasteiger partial charge in [0.25, 0.3) is 0 Å². The number of nitrogens with one attached hydrogen (secondary N) is 1. The number of carbonyl (C=O) groups is 3. The van der Waals surface area contributed by atoms with Crippen LogP contribution in [0.15, 0.2) is 12.2 Å². The van der Waals surface area contributed by atoms with Crippen LogP contribution in [0.4, 0.5) is 0 Å². The van der Waals surface area contributed by atoms with Crippen LogP contribution in [0.5, 0.6) is 0 Å². The van der Waals surface area contributed by atoms with Gasteiger partial charge in [0.05, 0.1) is 5.92 Å². The average Bonchev–Trinajstić information content (AvgIpc) is 2.83. The molecular weight excluding hydrogens is 436 g/mol. The van der Waals surface area contributed by atoms with Gasteiger partial charge < -0.3 is 21.1 Å². The second-order valence-corrected chi connectivity index (χ2v) is 8.75. The maximum atomic E-state index is 12.7. The second kappa shape index (κ2) is 23.0. The molecule has 0 heterocycles. The molecule has 0 saturated carbocycles. The van der Waals surface area contributed by atoms with Gasteiger partial charge in [-0.15, -0.1) is 5.48 Å². The summed E-state index contributed by atoms with van der Waals surface area (Å²) in [7, 11) is 0. The summed E-state index contributed by atoms with van der Waals surface area (Å²) in [4.78, 5) is 46.4. The number of unbranched alkanes of at least 4 members (excludes halogenated alkanes) is 7. The molecular formula is C25H48N4O5. The average molecular weight is 485 g/mol. The van der Waals surface area contributed by atoms with E-state index in [-0.39, 0.29) is 12.2 Å². The molecule has 0 aliphatic rings. The van der Waals surface area contributed by atoms with E-state index in [1.165, 1.54) is 25.7 Å². The predicted octanol–water partition coefficient (Wildman–Crippen LogP) is 3.35. The van der Waals surface area contributed by atoms with E-state index in [4.69, 9.17) is 22.2 Å². The van der Waals surface area contributed by atoms with Crippen LogP contribution in [0, 0.1) is 5.92 Å². The summed E-state index contributed by atoms with van der Waals surface area (Å²) in [5.41, 5.74) is 13.5. The van der Waals surface area contributed by atoms with Crippen molar-refractivity contribution in [2.24, 2.45) is 23.3 Å². The minimum atomic E-state index is -0.880. The van der Waals surface area contributed by atoms with Gasteiger partial charge in [0.1, 0.15) is 11.8 Å². The monoisotopic (exact) mass is 484 g/mol. The number of rotatable bonds is 23. The van der Waals surface area contributed by atoms with Gasteiger partial charge in [0.15, 0.2) is 0 Å². The van der Waals surface area contributed by atoms with Crippen LogP contribution in [0.25, 0.3) is 0 Å². The van der Waals surface area contributed by atoms with E-state index in [1.54, 1.807) is 0 Å². The van der Waals surface area contributed by atoms with Crippen molar-refractivity contribution < 1.29 is 24.1 Å². The highest BCUT2D eigenvalue weighted by molar-refractivity contribution is 5.84. The number of hydrogen-bond donors (Lipinski definition) is 4. The van der Waals surface area contributed by atoms with Crippen LogP contribution in [-0.2, 0) is 24.1 Å². The number of carbonyl (C=O) groups excluding carboxylic acids is 3. The molecule has 9 nitrogen and oxygen atoms in total. The molecule has 7 N–H and O–H groups in total. The molecule has 2 atom stereocenters. The summed E-state index contributed by atoms with van der Waals surface area (Å²) in [6.07, 6.45) is 16.3. The van der Waals surface area contributed by atoms with Crippen LogP contribution in [-0.4, -0.2) is 36.9 Å². The summed E-state index contributed by atoms with van der Waals surface area (Å²) >= 11 is 0. The minimum absolute atomic E-state index is 0.0342. The number of Topliss-reactive ketones (excluding diaryl/α,β-unsaturated/α-hetero) is 1. The topological polar surface area (TPSA) is 160 Å². The molecule has 9 heteroatoms. The summed E-state index contributed by atoms with van der Waals surface area (Å²) in [5.74, 6) is 3.14. The number of ketones is 1. The number of nitrogens with two attached hydrogens (primary N) is 3. The molecule has 2 unspecified atom stereocenters. The molecule has 0 fully saturated rings. The van der Waals surface area contributed by atoms with E-state index in [0.29, 0.717) is 45.2 Å². The van der Waals surface area contributed by atoms with E-state index in [1.807, 2.05) is 0 Å². The standard InChI is InChI=1S/C25H48N4O5/c1-2-3-4-5-6-7-8-9-10-16-22(30)20-21(15-11-13-18-26)24(31)34-29-23(25(32)33-28)17-12-14-19-27/h7-8,21,23,29H,2-6,9-20,26-28H2,1H3/b8-7-. The number of allylic oxidation sites excluding steroid dienone is 2. The van der Waals surface area contributed by atoms with Gasteiger partial charge in [0, 0.05) is 12.8 Å². The Bertz CT molecular complexity index is 572. The third kappa shape index (κ3) is 17.6. The molecule has 0 amide bonds. The molecule has 34 heavy (non-hydrogen) atoms. The zero-order chi connectivity index (χ0) is 25.4. The molecule has 0 spiro atoms. The smallest absolute Gasteiger partial charge is 0.344 e. The number of hydrogen-bond acceptors (Lipinski definition) is 9. The normalized spacial score (nSPS) is 13.1. The molecule has 0 aromatic heterocycles. The lowest BCUT2D eigenvalue weighted by atomic mass is 9.94. The highest BCUT2D eigenvalue weighted by Gasteiger charge is 2.26. The van der Waals surface area contributed by atoms with Crippen molar-refractivity contribution in [3.63, 3.8) is 0 Å². The minimum Gasteiger partial charge on any atom is -0.372 e. The summed E-state index contributed by atoms with van der Waals surface area (Å²) < 4.78 is 0. The van der Waals surface area contributed by atoms with Gasteiger partial charge in [0.2, 0.25) is 0 Å². The first-order chi connectivity index (χ1) is 16.5. The van der Waals surface area contributed by atoms with Crippen molar-refractivity contribution in [2.75, 3.05) is 13.1 Å². The van der Waals surface area contributed by atoms with E-state index < -0.39 is 23.9 Å². The van der Waals surface area contributed by atoms with Crippen molar-refractivity contribution in [1.82, 2.24) is 5.48 Å². The van der Waals surface area contributed by atoms with Crippen LogP contribution < -0.4 is 22.8 Å². The molecule has 0 aromatic rings. The van der Waals surface area contributed by atoms with Crippen LogP contribution in [0.2, 0.25) is 0 Å². The summed E-state index contributed by atoms with van der Waals surface area (Å²) in [6, 6.07) is -0.880. The fraction of sp³-hybridized carbons (Fsp3) is 0.800. The van der Waals surface area contributed by atoms with Crippen LogP contribution in [0.1, 0.15) is 103 Å². The van der Waals surface area contributed by atoms with Crippen molar-refractivity contribution in [2.45, 2.75) is 109 Å². The highest BCUT2D eigenvalue weighted by atomic mass is 16.7. The van der Waals surface area contributed by atoms with Crippen molar-refractivity contribution in [3.8, 4) is 0 Å². The lowest BCUT2D eigenvalue weighted by Crippen LogP contribution is -2.41. The van der Waals surface area contributed by atoms with Gasteiger partial charge in [-0.1, -0.05) is 44.8 Å². The van der Waals surface area contributed by atoms with E-state index in [2.05, 4.69) is 29.4 Å². The van der Waals surface area contributed by atoms with Gasteiger partial charge in [-0.3, -0.25) is 9.59 Å². The van der Waals surface area contributed by atoms with Crippen LogP contribution >= 0.6 is 0 Å². The predicted molar refractivity (Wildman–Crippen MR) is 134 cm³/mol. The quantitative estimate of drug-likeness (QED) is 0.0968. The molecule has 0 aliphatic heterocycles. The molecule has 0 saturated heterocycles. The Morgan fingerprint density at radius 1 is 0.824 bits per heavy atom. The van der Waals surface area contributed by atoms with Gasteiger partial charge in [-0.2, -0.15) is 5.90 Å². The maximum absolute atomic E-state index is 12.7. The highest BCUT2D eigenvalue weighted by Crippen LogP contribution is 2.17. The first-order valence-electron chi connectivity index (χ1n) is 12.9. The fourth-order valence-electron chi connectivity index (χ4n) is 3.57. The molecule has 0 rings (SSSR count). The zero-order valence-corrected chi connectivity index (χ0v) is 21.1. The zero-order valence-electron chi connectivity index (χ0n) is 21.1. The third-order valence-electron chi connectivity index (χ3n) is 5.68. The second-order valence-electron chi connectivity index (χ2n) is 8.75. The molecule has 0 bridgehead atoms. The maximum Gasteiger partial charge on any atom is 0.344 e. The van der Waals surface area contributed by atoms with Crippen molar-refractivity contribution >= 4 is 17.7 Å². The largest absolute Gasteiger partial charge is 0.372 e. The SMILES string of the molecule is CCCCCC/C=C\CCCC(=O)CC(CCCCN)C(=O)ONC(CCCCN)C(=O)ON. The summed E-state index contributed by atoms with van der Waals surface area (Å²) in [6.45, 7) is 3.21. The van der Waals surface area contributed by atoms with E-state index in [0.717, 1.165) is 32.1 Å². The lowest BCUT2D eigenvalue weighted by molar-refractivity contribution is -0.165. The first-order valence-corrected chi connectivity index (χ1v) is 12.9. The Morgan fingerprint density at radius 3 is 2.09 bits per heavy atom. The lowest BCUT2D eigenvalue weighted by Gasteiger charge is -2.19. The molecule has 0 radical (unpaired) electrons. The Labute approximate surface area is 205 Å². The third-order valence-corrected chi connectivity index (χ3v) is 5.68. The van der Waals surface area contributed by atoms with E-state index in [9.17, 15) is 14.4 Å². The van der Waals surface area contributed by atoms with Crippen LogP contribution in [0.3, 0.4) is 0 Å². The Morgan fingerprint density at radius 2 is 1.47 bits per heavy atom. The number of hydroxylamine groups is 1. The van der Waals surface area contributed by atoms with E-state index >= 15 is 0 Å². The summed E-state index contributed by atoms with van der Waals surface area (Å²) in [5, 5.41) is 0. The fourth-order valence-corrected chi connectivity index (χ4v) is 3.57. The first kappa shape index (κ1) is 32.2. The van der Waals surface area contributed by atoms with Gasteiger partial charge in [-0.05, 0) is 70.9 Å². The Hall–Kier alpha value is -1.81. The molecule has 0 aliphatic carbocycles. The van der Waals surface area contributed by atoms with Gasteiger partial charge >= 0.3 is 11.9 Å². The Balaban J connectivity index is 4.56.